The van der Waals surface area contributed by atoms with Crippen molar-refractivity contribution in [1.82, 2.24) is 0 Å². The molecule has 0 aromatic heterocycles. The Hall–Kier alpha value is -4.05. The predicted molar refractivity (Wildman–Crippen MR) is 115 cm³/mol. The Bertz CT molecular complexity index is 1190. The van der Waals surface area contributed by atoms with Gasteiger partial charge in [0.15, 0.2) is 5.78 Å². The second-order valence-corrected chi connectivity index (χ2v) is 7.47. The molecule has 10 heteroatoms. The van der Waals surface area contributed by atoms with E-state index >= 15 is 0 Å². The van der Waals surface area contributed by atoms with E-state index in [4.69, 9.17) is 0 Å². The number of nitro benzene ring substituents is 2. The third-order valence-electron chi connectivity index (χ3n) is 4.23. The molecule has 9 nitrogen and oxygen atoms in total. The smallest absolute Gasteiger partial charge is 0.283 e. The fraction of sp³-hybridized carbons (Fsp3) is 0.0476. The summed E-state index contributed by atoms with van der Waals surface area (Å²) in [6.45, 7) is 1.39. The number of carbonyl (C=O) groups is 2. The number of rotatable bonds is 7. The lowest BCUT2D eigenvalue weighted by molar-refractivity contribution is -0.385. The van der Waals surface area contributed by atoms with Crippen LogP contribution in [-0.4, -0.2) is 21.5 Å². The molecule has 0 aliphatic rings. The van der Waals surface area contributed by atoms with Gasteiger partial charge in [-0.1, -0.05) is 30.0 Å². The number of benzene rings is 3. The van der Waals surface area contributed by atoms with E-state index in [0.29, 0.717) is 21.0 Å². The molecule has 0 fully saturated rings. The van der Waals surface area contributed by atoms with E-state index in [1.807, 2.05) is 0 Å². The van der Waals surface area contributed by atoms with Crippen molar-refractivity contribution in [2.45, 2.75) is 16.7 Å². The number of carbonyl (C=O) groups excluding carboxylic acids is 2. The largest absolute Gasteiger partial charge is 0.322 e. The highest BCUT2D eigenvalue weighted by Gasteiger charge is 2.25. The maximum atomic E-state index is 13.0. The summed E-state index contributed by atoms with van der Waals surface area (Å²) in [5.41, 5.74) is 0.0888. The van der Waals surface area contributed by atoms with Crippen LogP contribution in [0, 0.1) is 20.2 Å². The Balaban J connectivity index is 1.97. The van der Waals surface area contributed by atoms with Gasteiger partial charge in [0.1, 0.15) is 5.56 Å². The molecule has 1 N–H and O–H groups in total. The molecule has 156 valence electrons. The van der Waals surface area contributed by atoms with E-state index in [9.17, 15) is 29.8 Å². The lowest BCUT2D eigenvalue weighted by Gasteiger charge is -2.11. The van der Waals surface area contributed by atoms with E-state index in [-0.39, 0.29) is 22.7 Å². The van der Waals surface area contributed by atoms with Gasteiger partial charge in [-0.25, -0.2) is 0 Å². The van der Waals surface area contributed by atoms with E-state index in [1.54, 1.807) is 24.3 Å². The molecule has 0 aliphatic heterocycles. The maximum Gasteiger partial charge on any atom is 0.283 e. The average molecular weight is 437 g/mol. The van der Waals surface area contributed by atoms with E-state index in [0.717, 1.165) is 11.8 Å². The zero-order valence-electron chi connectivity index (χ0n) is 16.1. The van der Waals surface area contributed by atoms with Crippen molar-refractivity contribution in [3.05, 3.63) is 98.1 Å². The zero-order chi connectivity index (χ0) is 22.5. The number of hydrogen-bond acceptors (Lipinski definition) is 7. The van der Waals surface area contributed by atoms with Crippen molar-refractivity contribution in [3.8, 4) is 0 Å². The van der Waals surface area contributed by atoms with Gasteiger partial charge in [0, 0.05) is 39.2 Å². The molecule has 0 bridgehead atoms. The van der Waals surface area contributed by atoms with Gasteiger partial charge < -0.3 is 5.32 Å². The molecule has 0 saturated heterocycles. The molecule has 0 spiro atoms. The second-order valence-electron chi connectivity index (χ2n) is 6.35. The van der Waals surface area contributed by atoms with E-state index < -0.39 is 15.8 Å². The van der Waals surface area contributed by atoms with Gasteiger partial charge in [0.2, 0.25) is 0 Å². The standard InChI is InChI=1S/C21H15N3O6S/c1-13(25)14-4-2-5-15(12-14)22-21(26)20-18(24(29)30)6-3-7-19(20)31-17-10-8-16(9-11-17)23(27)28/h2-12H,1H3,(H,22,26). The molecule has 3 aromatic rings. The molecule has 0 aliphatic carbocycles. The topological polar surface area (TPSA) is 132 Å². The van der Waals surface area contributed by atoms with Crippen LogP contribution >= 0.6 is 11.8 Å². The van der Waals surface area contributed by atoms with E-state index in [2.05, 4.69) is 5.32 Å². The molecule has 0 radical (unpaired) electrons. The fourth-order valence-electron chi connectivity index (χ4n) is 2.76. The summed E-state index contributed by atoms with van der Waals surface area (Å²) in [4.78, 5) is 46.6. The second kappa shape index (κ2) is 9.18. The van der Waals surface area contributed by atoms with Gasteiger partial charge in [0.25, 0.3) is 17.3 Å². The summed E-state index contributed by atoms with van der Waals surface area (Å²) < 4.78 is 0. The third kappa shape index (κ3) is 5.11. The Morgan fingerprint density at radius 3 is 2.19 bits per heavy atom. The Kier molecular flexibility index (Phi) is 6.41. The summed E-state index contributed by atoms with van der Waals surface area (Å²) in [5, 5.41) is 25.0. The summed E-state index contributed by atoms with van der Waals surface area (Å²) in [5.74, 6) is -0.895. The van der Waals surface area contributed by atoms with Crippen molar-refractivity contribution in [2.24, 2.45) is 0 Å². The average Bonchev–Trinajstić information content (AvgIpc) is 2.74. The highest BCUT2D eigenvalue weighted by atomic mass is 32.2. The molecule has 0 saturated carbocycles. The van der Waals surface area contributed by atoms with Crippen LogP contribution in [0.2, 0.25) is 0 Å². The minimum absolute atomic E-state index is 0.0910. The quantitative estimate of drug-likeness (QED) is 0.308. The highest BCUT2D eigenvalue weighted by molar-refractivity contribution is 7.99. The number of amides is 1. The van der Waals surface area contributed by atoms with Crippen LogP contribution < -0.4 is 5.32 Å². The first-order chi connectivity index (χ1) is 14.8. The molecule has 0 unspecified atom stereocenters. The number of nitro groups is 2. The molecule has 0 atom stereocenters. The van der Waals surface area contributed by atoms with Crippen LogP contribution in [0.4, 0.5) is 17.1 Å². The maximum absolute atomic E-state index is 13.0. The zero-order valence-corrected chi connectivity index (χ0v) is 16.9. The minimum atomic E-state index is -0.711. The third-order valence-corrected chi connectivity index (χ3v) is 5.30. The monoisotopic (exact) mass is 437 g/mol. The van der Waals surface area contributed by atoms with E-state index in [1.165, 1.54) is 49.4 Å². The van der Waals surface area contributed by atoms with Gasteiger partial charge in [0.05, 0.1) is 9.85 Å². The number of non-ortho nitro benzene ring substituents is 1. The van der Waals surface area contributed by atoms with Gasteiger partial charge >= 0.3 is 0 Å². The Morgan fingerprint density at radius 1 is 0.903 bits per heavy atom. The van der Waals surface area contributed by atoms with Crippen LogP contribution in [-0.2, 0) is 0 Å². The normalized spacial score (nSPS) is 10.4. The van der Waals surface area contributed by atoms with Gasteiger partial charge in [-0.3, -0.25) is 29.8 Å². The molecule has 3 aromatic carbocycles. The molecular weight excluding hydrogens is 422 g/mol. The van der Waals surface area contributed by atoms with Crippen LogP contribution in [0.1, 0.15) is 27.6 Å². The van der Waals surface area contributed by atoms with Crippen molar-refractivity contribution in [1.29, 1.82) is 0 Å². The number of ketones is 1. The summed E-state index contributed by atoms with van der Waals surface area (Å²) in [7, 11) is 0. The highest BCUT2D eigenvalue weighted by Crippen LogP contribution is 2.36. The van der Waals surface area contributed by atoms with Crippen LogP contribution in [0.25, 0.3) is 0 Å². The van der Waals surface area contributed by atoms with Crippen molar-refractivity contribution in [3.63, 3.8) is 0 Å². The van der Waals surface area contributed by atoms with Crippen LogP contribution in [0.15, 0.2) is 76.5 Å². The molecule has 31 heavy (non-hydrogen) atoms. The van der Waals surface area contributed by atoms with Crippen molar-refractivity contribution in [2.75, 3.05) is 5.32 Å². The fourth-order valence-corrected chi connectivity index (χ4v) is 3.73. The van der Waals surface area contributed by atoms with Crippen LogP contribution in [0.3, 0.4) is 0 Å². The summed E-state index contributed by atoms with van der Waals surface area (Å²) in [6.07, 6.45) is 0. The molecular formula is C21H15N3O6S. The Labute approximate surface area is 180 Å². The first-order valence-corrected chi connectivity index (χ1v) is 9.70. The number of anilines is 1. The van der Waals surface area contributed by atoms with Gasteiger partial charge in [-0.2, -0.15) is 0 Å². The first-order valence-electron chi connectivity index (χ1n) is 8.88. The minimum Gasteiger partial charge on any atom is -0.322 e. The lowest BCUT2D eigenvalue weighted by atomic mass is 10.1. The lowest BCUT2D eigenvalue weighted by Crippen LogP contribution is -2.15. The number of Topliss-reactive ketones (excluding diaryl/α,β-unsaturated/α-hetero) is 1. The Morgan fingerprint density at radius 2 is 1.58 bits per heavy atom. The van der Waals surface area contributed by atoms with Gasteiger partial charge in [-0.15, -0.1) is 0 Å². The summed E-state index contributed by atoms with van der Waals surface area (Å²) >= 11 is 1.07. The number of nitrogens with zero attached hydrogens (tertiary/aromatic N) is 2. The van der Waals surface area contributed by atoms with Crippen LogP contribution in [0.5, 0.6) is 0 Å². The first kappa shape index (κ1) is 21.7. The molecule has 3 rings (SSSR count). The van der Waals surface area contributed by atoms with Crippen molar-refractivity contribution >= 4 is 40.5 Å². The predicted octanol–water partition coefficient (Wildman–Crippen LogP) is 5.11. The number of hydrogen-bond donors (Lipinski definition) is 1. The SMILES string of the molecule is CC(=O)c1cccc(NC(=O)c2c(Sc3ccc([N+](=O)[O-])cc3)cccc2[N+](=O)[O-])c1. The number of nitrogens with one attached hydrogen (secondary N) is 1. The van der Waals surface area contributed by atoms with Gasteiger partial charge in [-0.05, 0) is 37.3 Å². The van der Waals surface area contributed by atoms with Crippen molar-refractivity contribution < 1.29 is 19.4 Å². The summed E-state index contributed by atoms with van der Waals surface area (Å²) in [6, 6.07) is 16.1. The molecule has 1 amide bonds. The molecule has 0 heterocycles.